The molecule has 1 atom stereocenters. The minimum absolute atomic E-state index is 0.181. The fourth-order valence-electron chi connectivity index (χ4n) is 2.51. The largest absolute Gasteiger partial charge is 0.446 e. The van der Waals surface area contributed by atoms with Gasteiger partial charge in [0.05, 0.1) is 13.2 Å². The molecule has 0 radical (unpaired) electrons. The Morgan fingerprint density at radius 2 is 1.90 bits per heavy atom. The van der Waals surface area contributed by atoms with Crippen LogP contribution in [0.2, 0.25) is 0 Å². The maximum Gasteiger partial charge on any atom is 0.419 e. The highest BCUT2D eigenvalue weighted by molar-refractivity contribution is 5.90. The predicted molar refractivity (Wildman–Crippen MR) is 113 cm³/mol. The molecular weight excluding hydrogens is 372 g/mol. The van der Waals surface area contributed by atoms with E-state index in [4.69, 9.17) is 14.2 Å². The number of amides is 2. The highest BCUT2D eigenvalue weighted by atomic mass is 16.6. The van der Waals surface area contributed by atoms with Crippen LogP contribution < -0.4 is 15.0 Å². The fourth-order valence-corrected chi connectivity index (χ4v) is 2.51. The molecule has 1 N–H and O–H groups in total. The molecule has 7 heteroatoms. The van der Waals surface area contributed by atoms with Gasteiger partial charge in [-0.1, -0.05) is 25.1 Å². The van der Waals surface area contributed by atoms with E-state index in [0.717, 1.165) is 17.7 Å². The van der Waals surface area contributed by atoms with Gasteiger partial charge in [0.1, 0.15) is 11.9 Å². The zero-order chi connectivity index (χ0) is 21.2. The summed E-state index contributed by atoms with van der Waals surface area (Å²) in [4.78, 5) is 26.2. The van der Waals surface area contributed by atoms with Crippen molar-refractivity contribution in [2.75, 3.05) is 30.5 Å². The quantitative estimate of drug-likeness (QED) is 0.675. The van der Waals surface area contributed by atoms with Gasteiger partial charge in [-0.3, -0.25) is 10.2 Å². The second-order valence-electron chi connectivity index (χ2n) is 6.63. The van der Waals surface area contributed by atoms with E-state index in [2.05, 4.69) is 5.32 Å². The van der Waals surface area contributed by atoms with Crippen LogP contribution in [0.1, 0.15) is 25.8 Å². The van der Waals surface area contributed by atoms with Crippen molar-refractivity contribution in [2.45, 2.75) is 33.3 Å². The second-order valence-corrected chi connectivity index (χ2v) is 6.63. The van der Waals surface area contributed by atoms with E-state index in [1.165, 1.54) is 4.90 Å². The molecule has 156 valence electrons. The van der Waals surface area contributed by atoms with Gasteiger partial charge >= 0.3 is 12.2 Å². The first-order valence-electron chi connectivity index (χ1n) is 9.55. The second kappa shape index (κ2) is 11.1. The van der Waals surface area contributed by atoms with E-state index in [9.17, 15) is 9.59 Å². The Morgan fingerprint density at radius 1 is 1.14 bits per heavy atom. The summed E-state index contributed by atoms with van der Waals surface area (Å²) in [5.74, 6) is 0.311. The highest BCUT2D eigenvalue weighted by Gasteiger charge is 2.18. The summed E-state index contributed by atoms with van der Waals surface area (Å²) >= 11 is 0. The van der Waals surface area contributed by atoms with Crippen molar-refractivity contribution in [3.8, 4) is 5.75 Å². The molecule has 7 nitrogen and oxygen atoms in total. The Morgan fingerprint density at radius 3 is 2.59 bits per heavy atom. The van der Waals surface area contributed by atoms with Crippen LogP contribution in [0.25, 0.3) is 0 Å². The number of carbonyl (C=O) groups is 2. The van der Waals surface area contributed by atoms with Gasteiger partial charge in [-0.25, -0.2) is 9.59 Å². The third-order valence-electron chi connectivity index (χ3n) is 4.22. The van der Waals surface area contributed by atoms with Crippen LogP contribution in [-0.4, -0.2) is 38.6 Å². The number of nitrogens with zero attached hydrogens (tertiary/aromatic N) is 1. The van der Waals surface area contributed by atoms with Crippen molar-refractivity contribution in [2.24, 2.45) is 0 Å². The van der Waals surface area contributed by atoms with Gasteiger partial charge in [-0.15, -0.1) is 0 Å². The number of hydrogen-bond acceptors (Lipinski definition) is 5. The Kier molecular flexibility index (Phi) is 8.48. The van der Waals surface area contributed by atoms with Gasteiger partial charge in [-0.05, 0) is 50.1 Å². The van der Waals surface area contributed by atoms with Crippen LogP contribution in [0, 0.1) is 6.92 Å². The van der Waals surface area contributed by atoms with Gasteiger partial charge in [0.15, 0.2) is 0 Å². The molecule has 0 aliphatic heterocycles. The molecule has 2 aromatic rings. The van der Waals surface area contributed by atoms with E-state index >= 15 is 0 Å². The van der Waals surface area contributed by atoms with Gasteiger partial charge in [0, 0.05) is 24.6 Å². The number of anilines is 2. The van der Waals surface area contributed by atoms with Gasteiger partial charge in [0.2, 0.25) is 0 Å². The van der Waals surface area contributed by atoms with Crippen molar-refractivity contribution in [1.82, 2.24) is 0 Å². The first-order valence-corrected chi connectivity index (χ1v) is 9.55. The van der Waals surface area contributed by atoms with Crippen molar-refractivity contribution >= 4 is 23.6 Å². The van der Waals surface area contributed by atoms with Crippen LogP contribution in [0.5, 0.6) is 5.75 Å². The minimum atomic E-state index is -0.552. The molecule has 0 fully saturated rings. The van der Waals surface area contributed by atoms with E-state index in [-0.39, 0.29) is 6.10 Å². The third-order valence-corrected chi connectivity index (χ3v) is 4.22. The van der Waals surface area contributed by atoms with Crippen LogP contribution in [0.15, 0.2) is 48.5 Å². The maximum absolute atomic E-state index is 12.8. The van der Waals surface area contributed by atoms with Crippen LogP contribution in [0.3, 0.4) is 0 Å². The summed E-state index contributed by atoms with van der Waals surface area (Å²) in [6.07, 6.45) is -0.544. The molecule has 0 aliphatic carbocycles. The third kappa shape index (κ3) is 7.12. The molecule has 0 spiro atoms. The van der Waals surface area contributed by atoms with Crippen LogP contribution in [0.4, 0.5) is 21.0 Å². The lowest BCUT2D eigenvalue weighted by atomic mass is 10.2. The Balaban J connectivity index is 2.10. The smallest absolute Gasteiger partial charge is 0.419 e. The van der Waals surface area contributed by atoms with E-state index < -0.39 is 12.2 Å². The number of rotatable bonds is 8. The van der Waals surface area contributed by atoms with Crippen molar-refractivity contribution < 1.29 is 23.8 Å². The van der Waals surface area contributed by atoms with Gasteiger partial charge < -0.3 is 14.2 Å². The van der Waals surface area contributed by atoms with Crippen LogP contribution >= 0.6 is 0 Å². The Bertz CT molecular complexity index is 824. The molecule has 0 saturated carbocycles. The number of hydrogen-bond donors (Lipinski definition) is 1. The fraction of sp³-hybridized carbons (Fsp3) is 0.364. The zero-order valence-electron chi connectivity index (χ0n) is 17.3. The molecule has 1 unspecified atom stereocenters. The minimum Gasteiger partial charge on any atom is -0.446 e. The molecule has 0 bridgehead atoms. The number of methoxy groups -OCH3 is 1. The van der Waals surface area contributed by atoms with E-state index in [1.54, 1.807) is 31.4 Å². The summed E-state index contributed by atoms with van der Waals surface area (Å²) < 4.78 is 15.8. The molecule has 0 heterocycles. The summed E-state index contributed by atoms with van der Waals surface area (Å²) in [6.45, 7) is 6.42. The first-order chi connectivity index (χ1) is 13.9. The summed E-state index contributed by atoms with van der Waals surface area (Å²) in [5.41, 5.74) is 2.23. The molecule has 2 amide bonds. The number of benzene rings is 2. The highest BCUT2D eigenvalue weighted by Crippen LogP contribution is 2.21. The zero-order valence-corrected chi connectivity index (χ0v) is 17.3. The molecule has 2 rings (SSSR count). The lowest BCUT2D eigenvalue weighted by Crippen LogP contribution is -2.36. The Labute approximate surface area is 171 Å². The summed E-state index contributed by atoms with van der Waals surface area (Å²) in [7, 11) is 1.58. The number of carbonyl (C=O) groups excluding carboxylic acids is 2. The molecular formula is C22H28N2O5. The average molecular weight is 400 g/mol. The first kappa shape index (κ1) is 22.2. The molecule has 0 aliphatic rings. The van der Waals surface area contributed by atoms with Crippen molar-refractivity contribution in [1.29, 1.82) is 0 Å². The topological polar surface area (TPSA) is 77.1 Å². The Hall–Kier alpha value is -3.06. The average Bonchev–Trinajstić information content (AvgIpc) is 2.68. The lowest BCUT2D eigenvalue weighted by molar-refractivity contribution is 0.118. The van der Waals surface area contributed by atoms with E-state index in [0.29, 0.717) is 24.6 Å². The maximum atomic E-state index is 12.8. The SMILES string of the molecule is CCC(C)OC(=O)Nc1cccc(OC(=O)N(CCOC)c2cccc(C)c2)c1. The standard InChI is InChI=1S/C22H28N2O5/c1-5-17(3)28-21(25)23-18-9-7-11-20(15-18)29-22(26)24(12-13-27-4)19-10-6-8-16(2)14-19/h6-11,14-15,17H,5,12-13H2,1-4H3,(H,23,25). The monoisotopic (exact) mass is 400 g/mol. The summed E-state index contributed by atoms with van der Waals surface area (Å²) in [5, 5.41) is 2.64. The lowest BCUT2D eigenvalue weighted by Gasteiger charge is -2.22. The molecule has 2 aromatic carbocycles. The summed E-state index contributed by atoms with van der Waals surface area (Å²) in [6, 6.07) is 14.2. The van der Waals surface area contributed by atoms with Gasteiger partial charge in [-0.2, -0.15) is 0 Å². The van der Waals surface area contributed by atoms with Crippen LogP contribution in [-0.2, 0) is 9.47 Å². The predicted octanol–water partition coefficient (Wildman–Crippen LogP) is 4.99. The molecule has 29 heavy (non-hydrogen) atoms. The molecule has 0 saturated heterocycles. The van der Waals surface area contributed by atoms with Crippen molar-refractivity contribution in [3.05, 3.63) is 54.1 Å². The molecule has 0 aromatic heterocycles. The van der Waals surface area contributed by atoms with E-state index in [1.807, 2.05) is 45.0 Å². The number of nitrogens with one attached hydrogen (secondary N) is 1. The normalized spacial score (nSPS) is 11.4. The number of ether oxygens (including phenoxy) is 3. The van der Waals surface area contributed by atoms with Gasteiger partial charge in [0.25, 0.3) is 0 Å². The van der Waals surface area contributed by atoms with Crippen molar-refractivity contribution in [3.63, 3.8) is 0 Å². The number of aryl methyl sites for hydroxylation is 1.